The van der Waals surface area contributed by atoms with Gasteiger partial charge in [-0.2, -0.15) is 11.8 Å². The van der Waals surface area contributed by atoms with Crippen LogP contribution < -0.4 is 26.6 Å². The molecule has 1 aromatic heterocycles. The lowest BCUT2D eigenvalue weighted by molar-refractivity contribution is -0.143. The highest BCUT2D eigenvalue weighted by Gasteiger charge is 2.44. The van der Waals surface area contributed by atoms with Crippen LogP contribution in [0.2, 0.25) is 0 Å². The van der Waals surface area contributed by atoms with Crippen molar-refractivity contribution >= 4 is 47.2 Å². The maximum Gasteiger partial charge on any atom is 0.271 e. The molecule has 0 radical (unpaired) electrons. The van der Waals surface area contributed by atoms with E-state index in [0.717, 1.165) is 0 Å². The van der Waals surface area contributed by atoms with E-state index in [1.54, 1.807) is 45.0 Å². The summed E-state index contributed by atoms with van der Waals surface area (Å²) in [5.41, 5.74) is 1.40. The van der Waals surface area contributed by atoms with Crippen molar-refractivity contribution in [2.24, 2.45) is 5.92 Å². The van der Waals surface area contributed by atoms with E-state index in [2.05, 4.69) is 36.6 Å². The van der Waals surface area contributed by atoms with E-state index in [1.165, 1.54) is 36.0 Å². The van der Waals surface area contributed by atoms with Crippen LogP contribution in [0.4, 0.5) is 0 Å². The number of rotatable bonds is 7. The Bertz CT molecular complexity index is 1490. The molecule has 14 nitrogen and oxygen atoms in total. The zero-order valence-corrected chi connectivity index (χ0v) is 28.6. The van der Waals surface area contributed by atoms with Gasteiger partial charge in [-0.3, -0.25) is 33.8 Å². The Morgan fingerprint density at radius 3 is 2.35 bits per heavy atom. The highest BCUT2D eigenvalue weighted by molar-refractivity contribution is 7.98. The molecule has 2 aromatic rings. The largest absolute Gasteiger partial charge is 0.347 e. The number of hydrogen-bond donors (Lipinski definition) is 5. The van der Waals surface area contributed by atoms with Crippen LogP contribution in [0.1, 0.15) is 67.8 Å². The summed E-state index contributed by atoms with van der Waals surface area (Å²) in [6.45, 7) is 6.78. The first kappa shape index (κ1) is 36.3. The number of amides is 6. The average molecular weight is 681 g/mol. The molecule has 2 aliphatic rings. The van der Waals surface area contributed by atoms with Crippen LogP contribution in [0.25, 0.3) is 0 Å². The van der Waals surface area contributed by atoms with Gasteiger partial charge in [0.25, 0.3) is 5.91 Å². The fourth-order valence-corrected chi connectivity index (χ4v) is 6.17. The third-order valence-corrected chi connectivity index (χ3v) is 9.03. The molecule has 0 bridgehead atoms. The number of thioether (sulfide) groups is 1. The minimum atomic E-state index is -1.05. The van der Waals surface area contributed by atoms with Gasteiger partial charge in [-0.25, -0.2) is 4.98 Å². The van der Waals surface area contributed by atoms with E-state index < -0.39 is 71.7 Å². The molecule has 48 heavy (non-hydrogen) atoms. The third kappa shape index (κ3) is 9.30. The first-order valence-corrected chi connectivity index (χ1v) is 17.4. The highest BCUT2D eigenvalue weighted by atomic mass is 32.2. The predicted molar refractivity (Wildman–Crippen MR) is 179 cm³/mol. The maximum absolute atomic E-state index is 14.1. The van der Waals surface area contributed by atoms with E-state index in [4.69, 9.17) is 0 Å². The van der Waals surface area contributed by atoms with Gasteiger partial charge in [0.2, 0.25) is 29.5 Å². The molecule has 6 atom stereocenters. The van der Waals surface area contributed by atoms with E-state index in [9.17, 15) is 28.8 Å². The second-order valence-corrected chi connectivity index (χ2v) is 13.5. The molecule has 0 unspecified atom stereocenters. The molecular formula is C33H44N8O6S. The lowest BCUT2D eigenvalue weighted by Crippen LogP contribution is -2.59. The van der Waals surface area contributed by atoms with Gasteiger partial charge in [0, 0.05) is 18.8 Å². The number of nitrogens with zero attached hydrogens (tertiary/aromatic N) is 3. The van der Waals surface area contributed by atoms with E-state index in [0.29, 0.717) is 23.4 Å². The van der Waals surface area contributed by atoms with Crippen LogP contribution in [0.5, 0.6) is 0 Å². The predicted octanol–water partition coefficient (Wildman–Crippen LogP) is 0.629. The summed E-state index contributed by atoms with van der Waals surface area (Å²) < 4.78 is 0. The number of aromatic nitrogens is 2. The quantitative estimate of drug-likeness (QED) is 0.279. The van der Waals surface area contributed by atoms with Crippen molar-refractivity contribution in [2.75, 3.05) is 18.6 Å². The molecule has 2 saturated heterocycles. The Morgan fingerprint density at radius 1 is 0.979 bits per heavy atom. The molecule has 258 valence electrons. The summed E-state index contributed by atoms with van der Waals surface area (Å²) in [7, 11) is 0. The summed E-state index contributed by atoms with van der Waals surface area (Å²) in [4.78, 5) is 90.9. The van der Waals surface area contributed by atoms with E-state index >= 15 is 0 Å². The van der Waals surface area contributed by atoms with Crippen molar-refractivity contribution in [3.05, 3.63) is 59.7 Å². The molecule has 15 heteroatoms. The molecule has 0 spiro atoms. The number of carbonyl (C=O) groups excluding carboxylic acids is 6. The van der Waals surface area contributed by atoms with Crippen LogP contribution in [0.3, 0.4) is 0 Å². The SMILES string of the molecule is CSCC[C@@H]1NC(=O)C[C@@H](c2ccccc2)NC(=O)[C@H](C)NC(=O)[C@@H]2C[C@H](NC(=O)c3cnc(C)cn3)CN2C(=O)[C@H](C(C)C)NC1=O. The molecule has 5 N–H and O–H groups in total. The van der Waals surface area contributed by atoms with Crippen LogP contribution >= 0.6 is 11.8 Å². The monoisotopic (exact) mass is 680 g/mol. The highest BCUT2D eigenvalue weighted by Crippen LogP contribution is 2.23. The minimum Gasteiger partial charge on any atom is -0.347 e. The zero-order chi connectivity index (χ0) is 35.0. The smallest absolute Gasteiger partial charge is 0.271 e. The number of carbonyl (C=O) groups is 6. The Kier molecular flexibility index (Phi) is 12.5. The van der Waals surface area contributed by atoms with Crippen molar-refractivity contribution in [2.45, 2.75) is 83.2 Å². The molecule has 2 aliphatic heterocycles. The summed E-state index contributed by atoms with van der Waals surface area (Å²) >= 11 is 1.51. The van der Waals surface area contributed by atoms with Crippen LogP contribution in [0.15, 0.2) is 42.7 Å². The number of nitrogens with one attached hydrogen (secondary N) is 5. The van der Waals surface area contributed by atoms with E-state index in [-0.39, 0.29) is 31.0 Å². The third-order valence-electron chi connectivity index (χ3n) is 8.39. The summed E-state index contributed by atoms with van der Waals surface area (Å²) in [5.74, 6) is -2.97. The van der Waals surface area contributed by atoms with Crippen LogP contribution in [-0.4, -0.2) is 99.1 Å². The van der Waals surface area contributed by atoms with Gasteiger partial charge in [-0.15, -0.1) is 0 Å². The Labute approximate surface area is 284 Å². The summed E-state index contributed by atoms with van der Waals surface area (Å²) in [5, 5.41) is 14.1. The molecule has 1 aromatic carbocycles. The molecule has 3 heterocycles. The topological polar surface area (TPSA) is 192 Å². The van der Waals surface area contributed by atoms with Gasteiger partial charge >= 0.3 is 0 Å². The van der Waals surface area contributed by atoms with Gasteiger partial charge in [0.15, 0.2) is 0 Å². The van der Waals surface area contributed by atoms with Gasteiger partial charge in [-0.1, -0.05) is 44.2 Å². The molecule has 2 fully saturated rings. The van der Waals surface area contributed by atoms with Crippen molar-refractivity contribution in [1.29, 1.82) is 0 Å². The first-order valence-electron chi connectivity index (χ1n) is 16.0. The number of fused-ring (bicyclic) bond motifs is 1. The van der Waals surface area contributed by atoms with Crippen LogP contribution in [0, 0.1) is 12.8 Å². The van der Waals surface area contributed by atoms with E-state index in [1.807, 2.05) is 12.3 Å². The van der Waals surface area contributed by atoms with Crippen molar-refractivity contribution in [1.82, 2.24) is 41.5 Å². The summed E-state index contributed by atoms with van der Waals surface area (Å²) in [6, 6.07) is 3.52. The fourth-order valence-electron chi connectivity index (χ4n) is 5.70. The molecule has 0 saturated carbocycles. The molecule has 6 amide bonds. The van der Waals surface area contributed by atoms with Gasteiger partial charge in [0.1, 0.15) is 29.9 Å². The number of hydrogen-bond acceptors (Lipinski definition) is 9. The van der Waals surface area contributed by atoms with Crippen molar-refractivity contribution in [3.63, 3.8) is 0 Å². The van der Waals surface area contributed by atoms with Crippen molar-refractivity contribution < 1.29 is 28.8 Å². The Hall–Kier alpha value is -4.53. The summed E-state index contributed by atoms with van der Waals surface area (Å²) in [6.07, 6.45) is 4.91. The van der Waals surface area contributed by atoms with Gasteiger partial charge < -0.3 is 31.5 Å². The van der Waals surface area contributed by atoms with Gasteiger partial charge in [0.05, 0.1) is 24.4 Å². The average Bonchev–Trinajstić information content (AvgIpc) is 3.48. The molecule has 4 rings (SSSR count). The first-order chi connectivity index (χ1) is 22.9. The number of benzene rings is 1. The molecule has 0 aliphatic carbocycles. The Morgan fingerprint density at radius 2 is 1.71 bits per heavy atom. The fraction of sp³-hybridized carbons (Fsp3) is 0.515. The Balaban J connectivity index is 1.67. The van der Waals surface area contributed by atoms with Crippen molar-refractivity contribution in [3.8, 4) is 0 Å². The maximum atomic E-state index is 14.1. The zero-order valence-electron chi connectivity index (χ0n) is 27.8. The lowest BCUT2D eigenvalue weighted by Gasteiger charge is -2.32. The molecular weight excluding hydrogens is 636 g/mol. The van der Waals surface area contributed by atoms with Gasteiger partial charge in [-0.05, 0) is 50.2 Å². The minimum absolute atomic E-state index is 0.0235. The second kappa shape index (κ2) is 16.5. The van der Waals surface area contributed by atoms with Crippen LogP contribution in [-0.2, 0) is 24.0 Å². The number of aryl methyl sites for hydroxylation is 1. The lowest BCUT2D eigenvalue weighted by atomic mass is 10.0. The normalized spacial score (nSPS) is 25.9. The standard InChI is InChI=1S/C33H44N8O6S/c1-18(2)28-33(47)41-17-22(37-31(45)25-16-34-19(3)15-35-25)13-26(41)32(46)36-20(4)29(43)39-24(21-9-7-6-8-10-21)14-27(42)38-23(11-12-48-5)30(44)40-28/h6-10,15-16,18,20,22-24,26,28H,11-14,17H2,1-5H3,(H,36,46)(H,37,45)(H,38,42)(H,39,43)(H,40,44)/t20-,22-,23-,24-,26-,28-/m0/s1. The second-order valence-electron chi connectivity index (χ2n) is 12.5.